The van der Waals surface area contributed by atoms with Crippen molar-refractivity contribution >= 4 is 5.91 Å². The van der Waals surface area contributed by atoms with Crippen LogP contribution in [0.15, 0.2) is 6.20 Å². The average molecular weight is 203 g/mol. The van der Waals surface area contributed by atoms with Crippen LogP contribution in [0.3, 0.4) is 0 Å². The topological polar surface area (TPSA) is 78.1 Å². The monoisotopic (exact) mass is 203 g/mol. The number of primary amides is 1. The first-order valence-corrected chi connectivity index (χ1v) is 3.59. The van der Waals surface area contributed by atoms with Crippen molar-refractivity contribution in [2.75, 3.05) is 0 Å². The molecule has 0 radical (unpaired) electrons. The zero-order valence-electron chi connectivity index (χ0n) is 7.20. The normalized spacial score (nSPS) is 10.3. The largest absolute Gasteiger partial charge is 0.415 e. The molecule has 76 valence electrons. The molecule has 0 bridgehead atoms. The fourth-order valence-electron chi connectivity index (χ4n) is 0.850. The summed E-state index contributed by atoms with van der Waals surface area (Å²) in [6.45, 7) is -1.55. The molecule has 0 aliphatic heterocycles. The summed E-state index contributed by atoms with van der Waals surface area (Å²) in [5.74, 6) is -1.11. The first-order valence-electron chi connectivity index (χ1n) is 3.59. The van der Waals surface area contributed by atoms with Crippen LogP contribution < -0.4 is 10.5 Å². The minimum absolute atomic E-state index is 0.0633. The zero-order chi connectivity index (χ0) is 10.7. The fourth-order valence-corrected chi connectivity index (χ4v) is 0.850. The van der Waals surface area contributed by atoms with Crippen molar-refractivity contribution in [3.63, 3.8) is 0 Å². The number of amides is 1. The van der Waals surface area contributed by atoms with E-state index in [-0.39, 0.29) is 17.3 Å². The van der Waals surface area contributed by atoms with Gasteiger partial charge in [-0.05, 0) is 6.92 Å². The third-order valence-electron chi connectivity index (χ3n) is 1.37. The minimum Gasteiger partial charge on any atom is -0.415 e. The Hall–Kier alpha value is -1.79. The van der Waals surface area contributed by atoms with Gasteiger partial charge < -0.3 is 10.5 Å². The molecule has 1 aromatic heterocycles. The van der Waals surface area contributed by atoms with Gasteiger partial charge in [0.15, 0.2) is 0 Å². The van der Waals surface area contributed by atoms with Crippen molar-refractivity contribution in [2.24, 2.45) is 5.73 Å². The summed E-state index contributed by atoms with van der Waals surface area (Å²) in [5.41, 5.74) is 5.02. The van der Waals surface area contributed by atoms with Crippen LogP contribution in [-0.4, -0.2) is 22.5 Å². The molecule has 0 spiro atoms. The average Bonchev–Trinajstić information content (AvgIpc) is 2.01. The van der Waals surface area contributed by atoms with Crippen LogP contribution >= 0.6 is 0 Å². The SMILES string of the molecule is Cc1nc(OC(F)F)cnc1C(N)=O. The number of aromatic nitrogens is 2. The van der Waals surface area contributed by atoms with Gasteiger partial charge in [0.2, 0.25) is 5.88 Å². The molecule has 1 rings (SSSR count). The molecule has 7 heteroatoms. The number of rotatable bonds is 3. The highest BCUT2D eigenvalue weighted by Crippen LogP contribution is 2.11. The van der Waals surface area contributed by atoms with Gasteiger partial charge >= 0.3 is 6.61 Å². The Kier molecular flexibility index (Phi) is 2.90. The lowest BCUT2D eigenvalue weighted by Crippen LogP contribution is -2.16. The minimum atomic E-state index is -2.97. The van der Waals surface area contributed by atoms with Crippen molar-refractivity contribution in [3.8, 4) is 5.88 Å². The summed E-state index contributed by atoms with van der Waals surface area (Å²) in [6, 6.07) is 0. The summed E-state index contributed by atoms with van der Waals surface area (Å²) < 4.78 is 27.4. The van der Waals surface area contributed by atoms with Crippen molar-refractivity contribution in [2.45, 2.75) is 13.5 Å². The Balaban J connectivity index is 2.94. The van der Waals surface area contributed by atoms with Gasteiger partial charge in [0.25, 0.3) is 5.91 Å². The highest BCUT2D eigenvalue weighted by molar-refractivity contribution is 5.91. The van der Waals surface area contributed by atoms with Crippen LogP contribution in [0.2, 0.25) is 0 Å². The van der Waals surface area contributed by atoms with E-state index in [1.165, 1.54) is 6.92 Å². The molecule has 14 heavy (non-hydrogen) atoms. The van der Waals surface area contributed by atoms with Crippen molar-refractivity contribution in [1.29, 1.82) is 0 Å². The smallest absolute Gasteiger partial charge is 0.388 e. The van der Waals surface area contributed by atoms with E-state index in [1.807, 2.05) is 0 Å². The molecule has 0 saturated carbocycles. The second-order valence-electron chi connectivity index (χ2n) is 2.39. The molecule has 0 saturated heterocycles. The lowest BCUT2D eigenvalue weighted by atomic mass is 10.3. The van der Waals surface area contributed by atoms with Gasteiger partial charge in [-0.25, -0.2) is 9.97 Å². The summed E-state index contributed by atoms with van der Waals surface area (Å²) in [5, 5.41) is 0. The van der Waals surface area contributed by atoms with Crippen LogP contribution in [0.1, 0.15) is 16.2 Å². The Morgan fingerprint density at radius 3 is 2.71 bits per heavy atom. The second-order valence-corrected chi connectivity index (χ2v) is 2.39. The third-order valence-corrected chi connectivity index (χ3v) is 1.37. The number of halogens is 2. The van der Waals surface area contributed by atoms with Gasteiger partial charge in [0.1, 0.15) is 5.69 Å². The molecule has 0 aliphatic carbocycles. The van der Waals surface area contributed by atoms with Crippen LogP contribution in [0.4, 0.5) is 8.78 Å². The predicted octanol–water partition coefficient (Wildman–Crippen LogP) is 0.485. The Morgan fingerprint density at radius 2 is 2.29 bits per heavy atom. The van der Waals surface area contributed by atoms with E-state index >= 15 is 0 Å². The molecule has 1 amide bonds. The van der Waals surface area contributed by atoms with Gasteiger partial charge in [-0.2, -0.15) is 8.78 Å². The molecule has 5 nitrogen and oxygen atoms in total. The third kappa shape index (κ3) is 2.35. The van der Waals surface area contributed by atoms with Gasteiger partial charge in [0.05, 0.1) is 11.9 Å². The molecule has 1 aromatic rings. The van der Waals surface area contributed by atoms with E-state index < -0.39 is 12.5 Å². The Bertz CT molecular complexity index is 357. The number of carbonyl (C=O) groups is 1. The van der Waals surface area contributed by atoms with Crippen LogP contribution in [0, 0.1) is 6.92 Å². The highest BCUT2D eigenvalue weighted by atomic mass is 19.3. The van der Waals surface area contributed by atoms with E-state index in [4.69, 9.17) is 5.73 Å². The second kappa shape index (κ2) is 3.95. The molecular formula is C7H7F2N3O2. The summed E-state index contributed by atoms with van der Waals surface area (Å²) in [4.78, 5) is 17.8. The number of nitrogens with two attached hydrogens (primary N) is 1. The van der Waals surface area contributed by atoms with Crippen LogP contribution in [-0.2, 0) is 0 Å². The van der Waals surface area contributed by atoms with Crippen molar-refractivity contribution in [1.82, 2.24) is 9.97 Å². The molecule has 0 aliphatic rings. The molecule has 1 heterocycles. The lowest BCUT2D eigenvalue weighted by Gasteiger charge is -2.04. The van der Waals surface area contributed by atoms with E-state index in [1.54, 1.807) is 0 Å². The van der Waals surface area contributed by atoms with E-state index in [0.29, 0.717) is 0 Å². The van der Waals surface area contributed by atoms with Crippen LogP contribution in [0.5, 0.6) is 5.88 Å². The van der Waals surface area contributed by atoms with Crippen molar-refractivity contribution < 1.29 is 18.3 Å². The number of alkyl halides is 2. The summed E-state index contributed by atoms with van der Waals surface area (Å²) in [6.07, 6.45) is 0.916. The first-order chi connectivity index (χ1) is 6.50. The number of hydrogen-bond acceptors (Lipinski definition) is 4. The first kappa shape index (κ1) is 10.3. The zero-order valence-corrected chi connectivity index (χ0v) is 7.20. The van der Waals surface area contributed by atoms with E-state index in [0.717, 1.165) is 6.20 Å². The lowest BCUT2D eigenvalue weighted by molar-refractivity contribution is -0.0531. The number of ether oxygens (including phenoxy) is 1. The van der Waals surface area contributed by atoms with Crippen molar-refractivity contribution in [3.05, 3.63) is 17.6 Å². The fraction of sp³-hybridized carbons (Fsp3) is 0.286. The Morgan fingerprint density at radius 1 is 1.64 bits per heavy atom. The molecule has 2 N–H and O–H groups in total. The summed E-state index contributed by atoms with van der Waals surface area (Å²) in [7, 11) is 0. The highest BCUT2D eigenvalue weighted by Gasteiger charge is 2.11. The van der Waals surface area contributed by atoms with Crippen LogP contribution in [0.25, 0.3) is 0 Å². The Labute approximate surface area is 77.9 Å². The molecule has 0 unspecified atom stereocenters. The molecule has 0 aromatic carbocycles. The number of aryl methyl sites for hydroxylation is 1. The number of carbonyl (C=O) groups excluding carboxylic acids is 1. The van der Waals surface area contributed by atoms with Gasteiger partial charge in [-0.3, -0.25) is 4.79 Å². The summed E-state index contributed by atoms with van der Waals surface area (Å²) >= 11 is 0. The number of hydrogen-bond donors (Lipinski definition) is 1. The quantitative estimate of drug-likeness (QED) is 0.775. The van der Waals surface area contributed by atoms with Gasteiger partial charge in [-0.1, -0.05) is 0 Å². The van der Waals surface area contributed by atoms with Gasteiger partial charge in [-0.15, -0.1) is 0 Å². The molecule has 0 atom stereocenters. The number of nitrogens with zero attached hydrogens (tertiary/aromatic N) is 2. The standard InChI is InChI=1S/C7H7F2N3O2/c1-3-5(6(10)13)11-2-4(12-3)14-7(8)9/h2,7H,1H3,(H2,10,13). The van der Waals surface area contributed by atoms with E-state index in [2.05, 4.69) is 14.7 Å². The molecule has 0 fully saturated rings. The maximum Gasteiger partial charge on any atom is 0.388 e. The maximum absolute atomic E-state index is 11.7. The van der Waals surface area contributed by atoms with Gasteiger partial charge in [0, 0.05) is 0 Å². The molecular weight excluding hydrogens is 196 g/mol. The maximum atomic E-state index is 11.7. The van der Waals surface area contributed by atoms with E-state index in [9.17, 15) is 13.6 Å². The predicted molar refractivity (Wildman–Crippen MR) is 41.9 cm³/mol.